The highest BCUT2D eigenvalue weighted by atomic mass is 32.1. The lowest BCUT2D eigenvalue weighted by atomic mass is 10.3. The zero-order valence-corrected chi connectivity index (χ0v) is 10.0. The number of nitrogens with zero attached hydrogens (tertiary/aromatic N) is 2. The van der Waals surface area contributed by atoms with Crippen molar-refractivity contribution in [3.63, 3.8) is 0 Å². The van der Waals surface area contributed by atoms with E-state index in [4.69, 9.17) is 0 Å². The third-order valence-corrected chi connectivity index (χ3v) is 2.89. The molecule has 2 aromatic rings. The van der Waals surface area contributed by atoms with E-state index in [0.717, 1.165) is 29.5 Å². The summed E-state index contributed by atoms with van der Waals surface area (Å²) in [5.74, 6) is -2.10. The molecule has 0 aliphatic rings. The van der Waals surface area contributed by atoms with Gasteiger partial charge in [-0.1, -0.05) is 11.3 Å². The van der Waals surface area contributed by atoms with Gasteiger partial charge in [-0.25, -0.2) is 8.78 Å². The van der Waals surface area contributed by atoms with Crippen LogP contribution in [0, 0.1) is 11.6 Å². The molecule has 8 heteroatoms. The van der Waals surface area contributed by atoms with E-state index in [1.54, 1.807) is 7.05 Å². The van der Waals surface area contributed by atoms with Crippen LogP contribution in [-0.4, -0.2) is 23.2 Å². The number of hydrogen-bond donors (Lipinski definition) is 2. The normalized spacial score (nSPS) is 10.2. The SMILES string of the molecule is CNc1nnc(C(=O)Nc2cc(F)cc(F)c2)s1. The number of anilines is 2. The maximum Gasteiger partial charge on any atom is 0.286 e. The summed E-state index contributed by atoms with van der Waals surface area (Å²) in [5.41, 5.74) is 0.0266. The van der Waals surface area contributed by atoms with Gasteiger partial charge in [-0.2, -0.15) is 0 Å². The summed E-state index contributed by atoms with van der Waals surface area (Å²) in [7, 11) is 1.64. The summed E-state index contributed by atoms with van der Waals surface area (Å²) < 4.78 is 25.8. The number of benzene rings is 1. The molecular weight excluding hydrogens is 262 g/mol. The second-order valence-electron chi connectivity index (χ2n) is 3.27. The van der Waals surface area contributed by atoms with Crippen LogP contribution in [0.15, 0.2) is 18.2 Å². The van der Waals surface area contributed by atoms with Crippen molar-refractivity contribution in [3.8, 4) is 0 Å². The lowest BCUT2D eigenvalue weighted by Crippen LogP contribution is -2.11. The Bertz CT molecular complexity index is 567. The fourth-order valence-electron chi connectivity index (χ4n) is 1.23. The first-order valence-corrected chi connectivity index (χ1v) is 5.69. The molecule has 0 fully saturated rings. The molecular formula is C10H8F2N4OS. The highest BCUT2D eigenvalue weighted by Crippen LogP contribution is 2.17. The molecule has 0 radical (unpaired) electrons. The lowest BCUT2D eigenvalue weighted by molar-refractivity contribution is 0.102. The number of halogens is 2. The summed E-state index contributed by atoms with van der Waals surface area (Å²) in [6.07, 6.45) is 0. The molecule has 0 spiro atoms. The minimum Gasteiger partial charge on any atom is -0.363 e. The van der Waals surface area contributed by atoms with Crippen molar-refractivity contribution in [2.24, 2.45) is 0 Å². The summed E-state index contributed by atoms with van der Waals surface area (Å²) in [5, 5.41) is 13.0. The van der Waals surface area contributed by atoms with Crippen LogP contribution in [0.2, 0.25) is 0 Å². The van der Waals surface area contributed by atoms with E-state index in [2.05, 4.69) is 20.8 Å². The third-order valence-electron chi connectivity index (χ3n) is 1.95. The number of aromatic nitrogens is 2. The molecule has 0 saturated carbocycles. The lowest BCUT2D eigenvalue weighted by Gasteiger charge is -2.02. The Morgan fingerprint density at radius 1 is 1.22 bits per heavy atom. The average Bonchev–Trinajstić information content (AvgIpc) is 2.75. The van der Waals surface area contributed by atoms with Crippen LogP contribution in [0.3, 0.4) is 0 Å². The Morgan fingerprint density at radius 2 is 1.89 bits per heavy atom. The predicted octanol–water partition coefficient (Wildman–Crippen LogP) is 2.11. The van der Waals surface area contributed by atoms with Crippen molar-refractivity contribution in [2.75, 3.05) is 17.7 Å². The molecule has 0 atom stereocenters. The largest absolute Gasteiger partial charge is 0.363 e. The first-order valence-electron chi connectivity index (χ1n) is 4.87. The van der Waals surface area contributed by atoms with Crippen molar-refractivity contribution in [1.29, 1.82) is 0 Å². The molecule has 2 rings (SSSR count). The van der Waals surface area contributed by atoms with Crippen molar-refractivity contribution in [1.82, 2.24) is 10.2 Å². The Kier molecular flexibility index (Phi) is 3.47. The number of hydrogen-bond acceptors (Lipinski definition) is 5. The standard InChI is InChI=1S/C10H8F2N4OS/c1-13-10-16-15-9(18-10)8(17)14-7-3-5(11)2-6(12)4-7/h2-4H,1H3,(H,13,16)(H,14,17). The van der Waals surface area contributed by atoms with E-state index in [-0.39, 0.29) is 10.7 Å². The maximum absolute atomic E-state index is 12.9. The van der Waals surface area contributed by atoms with Crippen LogP contribution in [0.4, 0.5) is 19.6 Å². The molecule has 1 aromatic heterocycles. The minimum absolute atomic E-state index is 0.0266. The quantitative estimate of drug-likeness (QED) is 0.896. The van der Waals surface area contributed by atoms with Gasteiger partial charge in [0.2, 0.25) is 10.1 Å². The monoisotopic (exact) mass is 270 g/mol. The van der Waals surface area contributed by atoms with Crippen LogP contribution >= 0.6 is 11.3 Å². The smallest absolute Gasteiger partial charge is 0.286 e. The predicted molar refractivity (Wildman–Crippen MR) is 63.8 cm³/mol. The van der Waals surface area contributed by atoms with Crippen LogP contribution < -0.4 is 10.6 Å². The van der Waals surface area contributed by atoms with Gasteiger partial charge in [0, 0.05) is 18.8 Å². The molecule has 1 amide bonds. The van der Waals surface area contributed by atoms with Gasteiger partial charge in [0.05, 0.1) is 0 Å². The van der Waals surface area contributed by atoms with Gasteiger partial charge in [-0.3, -0.25) is 4.79 Å². The second kappa shape index (κ2) is 5.05. The van der Waals surface area contributed by atoms with E-state index in [0.29, 0.717) is 5.13 Å². The first-order chi connectivity index (χ1) is 8.58. The van der Waals surface area contributed by atoms with Gasteiger partial charge in [-0.15, -0.1) is 10.2 Å². The Hall–Kier alpha value is -2.09. The molecule has 1 aromatic carbocycles. The fourth-order valence-corrected chi connectivity index (χ4v) is 1.82. The van der Waals surface area contributed by atoms with Crippen molar-refractivity contribution in [3.05, 3.63) is 34.8 Å². The number of nitrogens with one attached hydrogen (secondary N) is 2. The molecule has 2 N–H and O–H groups in total. The van der Waals surface area contributed by atoms with Gasteiger partial charge in [0.15, 0.2) is 0 Å². The number of carbonyl (C=O) groups excluding carboxylic acids is 1. The van der Waals surface area contributed by atoms with Crippen LogP contribution in [-0.2, 0) is 0 Å². The van der Waals surface area contributed by atoms with Gasteiger partial charge < -0.3 is 10.6 Å². The van der Waals surface area contributed by atoms with E-state index in [1.807, 2.05) is 0 Å². The topological polar surface area (TPSA) is 66.9 Å². The summed E-state index contributed by atoms with van der Waals surface area (Å²) in [6.45, 7) is 0. The van der Waals surface area contributed by atoms with Gasteiger partial charge in [0.25, 0.3) is 5.91 Å². The average molecular weight is 270 g/mol. The first kappa shape index (κ1) is 12.4. The van der Waals surface area contributed by atoms with E-state index in [1.165, 1.54) is 0 Å². The van der Waals surface area contributed by atoms with Gasteiger partial charge >= 0.3 is 0 Å². The van der Waals surface area contributed by atoms with Gasteiger partial charge in [0.1, 0.15) is 11.6 Å². The molecule has 0 saturated heterocycles. The Labute approximate surface area is 105 Å². The van der Waals surface area contributed by atoms with Crippen molar-refractivity contribution in [2.45, 2.75) is 0 Å². The molecule has 0 bridgehead atoms. The minimum atomic E-state index is -0.765. The molecule has 0 aliphatic heterocycles. The number of carbonyl (C=O) groups is 1. The zero-order valence-electron chi connectivity index (χ0n) is 9.20. The summed E-state index contributed by atoms with van der Waals surface area (Å²) in [6, 6.07) is 2.75. The molecule has 18 heavy (non-hydrogen) atoms. The fraction of sp³-hybridized carbons (Fsp3) is 0.100. The van der Waals surface area contributed by atoms with E-state index < -0.39 is 17.5 Å². The van der Waals surface area contributed by atoms with Crippen LogP contribution in [0.1, 0.15) is 9.80 Å². The molecule has 1 heterocycles. The number of amides is 1. The zero-order chi connectivity index (χ0) is 13.1. The van der Waals surface area contributed by atoms with E-state index in [9.17, 15) is 13.6 Å². The summed E-state index contributed by atoms with van der Waals surface area (Å²) >= 11 is 1.04. The maximum atomic E-state index is 12.9. The third kappa shape index (κ3) is 2.77. The molecule has 0 aliphatic carbocycles. The van der Waals surface area contributed by atoms with Crippen LogP contribution in [0.5, 0.6) is 0 Å². The number of rotatable bonds is 3. The molecule has 94 valence electrons. The van der Waals surface area contributed by atoms with Crippen molar-refractivity contribution < 1.29 is 13.6 Å². The molecule has 5 nitrogen and oxygen atoms in total. The Balaban J connectivity index is 2.15. The Morgan fingerprint density at radius 3 is 2.44 bits per heavy atom. The van der Waals surface area contributed by atoms with E-state index >= 15 is 0 Å². The second-order valence-corrected chi connectivity index (χ2v) is 4.25. The van der Waals surface area contributed by atoms with Gasteiger partial charge in [-0.05, 0) is 12.1 Å². The summed E-state index contributed by atoms with van der Waals surface area (Å²) in [4.78, 5) is 11.7. The highest BCUT2D eigenvalue weighted by molar-refractivity contribution is 7.17. The highest BCUT2D eigenvalue weighted by Gasteiger charge is 2.13. The molecule has 0 unspecified atom stereocenters. The van der Waals surface area contributed by atoms with Crippen molar-refractivity contribution >= 4 is 28.1 Å². The van der Waals surface area contributed by atoms with Crippen LogP contribution in [0.25, 0.3) is 0 Å².